The van der Waals surface area contributed by atoms with Crippen molar-refractivity contribution in [2.24, 2.45) is 14.1 Å². The number of hydrogen-bond donors (Lipinski definition) is 1. The monoisotopic (exact) mass is 339 g/mol. The van der Waals surface area contributed by atoms with Crippen molar-refractivity contribution in [1.82, 2.24) is 24.6 Å². The summed E-state index contributed by atoms with van der Waals surface area (Å²) in [5.74, 6) is 0.636. The Labute approximate surface area is 146 Å². The average Bonchev–Trinajstić information content (AvgIpc) is 3.23. The zero-order valence-electron chi connectivity index (χ0n) is 14.3. The van der Waals surface area contributed by atoms with Gasteiger partial charge in [-0.25, -0.2) is 4.98 Å². The third kappa shape index (κ3) is 4.47. The molecule has 130 valence electrons. The highest BCUT2D eigenvalue weighted by Gasteiger charge is 2.07. The number of benzene rings is 1. The number of rotatable bonds is 7. The van der Waals surface area contributed by atoms with E-state index in [1.165, 1.54) is 0 Å². The van der Waals surface area contributed by atoms with E-state index in [1.807, 2.05) is 50.8 Å². The van der Waals surface area contributed by atoms with Crippen molar-refractivity contribution < 1.29 is 9.53 Å². The first kappa shape index (κ1) is 16.8. The van der Waals surface area contributed by atoms with Crippen LogP contribution in [0.5, 0.6) is 5.75 Å². The van der Waals surface area contributed by atoms with E-state index >= 15 is 0 Å². The zero-order chi connectivity index (χ0) is 17.6. The molecule has 0 saturated carbocycles. The fourth-order valence-electron chi connectivity index (χ4n) is 2.42. The molecule has 0 unspecified atom stereocenters. The summed E-state index contributed by atoms with van der Waals surface area (Å²) in [6, 6.07) is 7.90. The molecule has 0 fully saturated rings. The van der Waals surface area contributed by atoms with E-state index in [1.54, 1.807) is 21.8 Å². The molecular weight excluding hydrogens is 318 g/mol. The topological polar surface area (TPSA) is 74.0 Å². The summed E-state index contributed by atoms with van der Waals surface area (Å²) < 4.78 is 9.28. The summed E-state index contributed by atoms with van der Waals surface area (Å²) in [6.45, 7) is 1.07. The van der Waals surface area contributed by atoms with Crippen molar-refractivity contribution >= 4 is 5.91 Å². The van der Waals surface area contributed by atoms with Crippen LogP contribution in [0, 0.1) is 0 Å². The third-order valence-electron chi connectivity index (χ3n) is 3.69. The van der Waals surface area contributed by atoms with E-state index < -0.39 is 0 Å². The predicted octanol–water partition coefficient (Wildman–Crippen LogP) is 2.02. The maximum Gasteiger partial charge on any atom is 0.271 e. The second kappa shape index (κ2) is 7.65. The highest BCUT2D eigenvalue weighted by molar-refractivity contribution is 5.91. The fraction of sp³-hybridized carbons (Fsp3) is 0.278. The quantitative estimate of drug-likeness (QED) is 0.668. The minimum Gasteiger partial charge on any atom is -0.494 e. The van der Waals surface area contributed by atoms with Gasteiger partial charge in [0.05, 0.1) is 19.1 Å². The van der Waals surface area contributed by atoms with Crippen LogP contribution in [0.4, 0.5) is 0 Å². The molecule has 0 aliphatic rings. The van der Waals surface area contributed by atoms with Gasteiger partial charge >= 0.3 is 0 Å². The van der Waals surface area contributed by atoms with Crippen molar-refractivity contribution in [3.05, 3.63) is 54.9 Å². The van der Waals surface area contributed by atoms with Crippen LogP contribution >= 0.6 is 0 Å². The van der Waals surface area contributed by atoms with Crippen LogP contribution < -0.4 is 10.1 Å². The molecule has 3 rings (SSSR count). The lowest BCUT2D eigenvalue weighted by Gasteiger charge is -2.08. The Bertz CT molecular complexity index is 853. The van der Waals surface area contributed by atoms with Gasteiger partial charge in [-0.05, 0) is 24.1 Å². The first-order chi connectivity index (χ1) is 12.1. The molecule has 0 saturated heterocycles. The number of nitrogens with zero attached hydrogens (tertiary/aromatic N) is 4. The highest BCUT2D eigenvalue weighted by atomic mass is 16.5. The van der Waals surface area contributed by atoms with Gasteiger partial charge in [0.2, 0.25) is 0 Å². The van der Waals surface area contributed by atoms with Crippen molar-refractivity contribution in [1.29, 1.82) is 0 Å². The van der Waals surface area contributed by atoms with E-state index in [4.69, 9.17) is 4.74 Å². The van der Waals surface area contributed by atoms with E-state index in [2.05, 4.69) is 15.4 Å². The second-order valence-corrected chi connectivity index (χ2v) is 5.81. The molecule has 25 heavy (non-hydrogen) atoms. The van der Waals surface area contributed by atoms with Gasteiger partial charge in [0, 0.05) is 38.6 Å². The largest absolute Gasteiger partial charge is 0.494 e. The van der Waals surface area contributed by atoms with Crippen LogP contribution in [-0.4, -0.2) is 38.4 Å². The molecule has 2 aromatic heterocycles. The van der Waals surface area contributed by atoms with Gasteiger partial charge in [0.1, 0.15) is 11.4 Å². The Morgan fingerprint density at radius 1 is 1.24 bits per heavy atom. The molecule has 7 heteroatoms. The minimum atomic E-state index is -0.167. The van der Waals surface area contributed by atoms with Gasteiger partial charge in [0.25, 0.3) is 5.91 Å². The van der Waals surface area contributed by atoms with Gasteiger partial charge in [-0.1, -0.05) is 12.1 Å². The van der Waals surface area contributed by atoms with Gasteiger partial charge in [0.15, 0.2) is 0 Å². The molecule has 0 atom stereocenters. The number of carbonyl (C=O) groups excluding carboxylic acids is 1. The van der Waals surface area contributed by atoms with Crippen LogP contribution in [0.2, 0.25) is 0 Å². The first-order valence-corrected chi connectivity index (χ1v) is 8.10. The van der Waals surface area contributed by atoms with Crippen molar-refractivity contribution in [2.45, 2.75) is 6.42 Å². The van der Waals surface area contributed by atoms with E-state index in [-0.39, 0.29) is 5.91 Å². The Kier molecular flexibility index (Phi) is 5.13. The highest BCUT2D eigenvalue weighted by Crippen LogP contribution is 2.23. The predicted molar refractivity (Wildman–Crippen MR) is 94.3 cm³/mol. The van der Waals surface area contributed by atoms with Crippen LogP contribution in [0.3, 0.4) is 0 Å². The molecule has 0 aliphatic carbocycles. The Morgan fingerprint density at radius 3 is 2.84 bits per heavy atom. The van der Waals surface area contributed by atoms with Crippen LogP contribution in [0.1, 0.15) is 16.9 Å². The minimum absolute atomic E-state index is 0.167. The maximum atomic E-state index is 11.9. The third-order valence-corrected chi connectivity index (χ3v) is 3.69. The van der Waals surface area contributed by atoms with Crippen LogP contribution in [0.15, 0.2) is 49.2 Å². The second-order valence-electron chi connectivity index (χ2n) is 5.81. The molecule has 3 aromatic rings. The smallest absolute Gasteiger partial charge is 0.271 e. The standard InChI is InChI=1S/C18H21N5O2/c1-22-12-17(20-13-22)18(24)19-7-4-8-25-16-6-3-5-14(9-16)15-10-21-23(2)11-15/h3,5-6,9-13H,4,7-8H2,1-2H3,(H,19,24). The number of nitrogens with one attached hydrogen (secondary N) is 1. The summed E-state index contributed by atoms with van der Waals surface area (Å²) >= 11 is 0. The zero-order valence-corrected chi connectivity index (χ0v) is 14.3. The van der Waals surface area contributed by atoms with E-state index in [9.17, 15) is 4.79 Å². The number of carbonyl (C=O) groups is 1. The lowest BCUT2D eigenvalue weighted by molar-refractivity contribution is 0.0947. The van der Waals surface area contributed by atoms with Gasteiger partial charge in [-0.15, -0.1) is 0 Å². The van der Waals surface area contributed by atoms with Crippen LogP contribution in [-0.2, 0) is 14.1 Å². The number of aromatic nitrogens is 4. The maximum absolute atomic E-state index is 11.9. The summed E-state index contributed by atoms with van der Waals surface area (Å²) in [5.41, 5.74) is 2.54. The summed E-state index contributed by atoms with van der Waals surface area (Å²) in [5, 5.41) is 7.01. The number of aryl methyl sites for hydroxylation is 2. The Balaban J connectivity index is 1.44. The van der Waals surface area contributed by atoms with Gasteiger partial charge in [-0.2, -0.15) is 5.10 Å². The van der Waals surface area contributed by atoms with Crippen LogP contribution in [0.25, 0.3) is 11.1 Å². The molecule has 1 N–H and O–H groups in total. The SMILES string of the molecule is Cn1cnc(C(=O)NCCCOc2cccc(-c3cnn(C)c3)c2)c1. The van der Waals surface area contributed by atoms with Crippen molar-refractivity contribution in [2.75, 3.05) is 13.2 Å². The average molecular weight is 339 g/mol. The molecule has 1 amide bonds. The lowest BCUT2D eigenvalue weighted by atomic mass is 10.1. The van der Waals surface area contributed by atoms with E-state index in [0.717, 1.165) is 23.3 Å². The summed E-state index contributed by atoms with van der Waals surface area (Å²) in [4.78, 5) is 15.9. The van der Waals surface area contributed by atoms with Gasteiger partial charge < -0.3 is 14.6 Å². The summed E-state index contributed by atoms with van der Waals surface area (Å²) in [7, 11) is 3.72. The Hall–Kier alpha value is -3.09. The first-order valence-electron chi connectivity index (χ1n) is 8.10. The van der Waals surface area contributed by atoms with Gasteiger partial charge in [-0.3, -0.25) is 9.48 Å². The fourth-order valence-corrected chi connectivity index (χ4v) is 2.42. The lowest BCUT2D eigenvalue weighted by Crippen LogP contribution is -2.25. The van der Waals surface area contributed by atoms with E-state index in [0.29, 0.717) is 18.8 Å². The molecule has 0 bridgehead atoms. The Morgan fingerprint density at radius 2 is 2.12 bits per heavy atom. The van der Waals surface area contributed by atoms with Crippen molar-refractivity contribution in [3.63, 3.8) is 0 Å². The molecule has 7 nitrogen and oxygen atoms in total. The molecule has 0 aliphatic heterocycles. The number of ether oxygens (including phenoxy) is 1. The number of imidazole rings is 1. The normalized spacial score (nSPS) is 10.6. The molecular formula is C18H21N5O2. The summed E-state index contributed by atoms with van der Waals surface area (Å²) in [6.07, 6.45) is 7.80. The van der Waals surface area contributed by atoms with Crippen molar-refractivity contribution in [3.8, 4) is 16.9 Å². The number of amides is 1. The molecule has 0 radical (unpaired) electrons. The molecule has 2 heterocycles. The number of hydrogen-bond acceptors (Lipinski definition) is 4. The molecule has 1 aromatic carbocycles. The molecule has 0 spiro atoms.